The molecule has 0 saturated heterocycles. The Labute approximate surface area is 112 Å². The lowest BCUT2D eigenvalue weighted by atomic mass is 10.1. The van der Waals surface area contributed by atoms with Crippen molar-refractivity contribution in [2.45, 2.75) is 46.1 Å². The zero-order valence-electron chi connectivity index (χ0n) is 11.9. The van der Waals surface area contributed by atoms with Gasteiger partial charge < -0.3 is 10.4 Å². The highest BCUT2D eigenvalue weighted by Gasteiger charge is 2.17. The van der Waals surface area contributed by atoms with Crippen molar-refractivity contribution in [3.8, 4) is 0 Å². The molecule has 6 heteroatoms. The predicted molar refractivity (Wildman–Crippen MR) is 70.9 cm³/mol. The van der Waals surface area contributed by atoms with Crippen LogP contribution >= 0.6 is 0 Å². The van der Waals surface area contributed by atoms with Gasteiger partial charge in [0.1, 0.15) is 0 Å². The van der Waals surface area contributed by atoms with E-state index in [2.05, 4.69) is 10.4 Å². The SMILES string of the molecule is CCC(CC(=O)O)NC(=O)Cc1c(C)nn(C)c1C. The van der Waals surface area contributed by atoms with Crippen LogP contribution in [0, 0.1) is 13.8 Å². The first kappa shape index (κ1) is 15.2. The molecule has 0 spiro atoms. The number of carboxylic acids is 1. The summed E-state index contributed by atoms with van der Waals surface area (Å²) in [5.41, 5.74) is 2.70. The monoisotopic (exact) mass is 267 g/mol. The molecule has 1 amide bonds. The molecule has 1 atom stereocenters. The molecule has 0 bridgehead atoms. The average molecular weight is 267 g/mol. The number of aliphatic carboxylic acids is 1. The van der Waals surface area contributed by atoms with Gasteiger partial charge in [0.2, 0.25) is 5.91 Å². The number of aromatic nitrogens is 2. The van der Waals surface area contributed by atoms with E-state index in [-0.39, 0.29) is 24.8 Å². The van der Waals surface area contributed by atoms with Gasteiger partial charge in [-0.3, -0.25) is 14.3 Å². The molecule has 19 heavy (non-hydrogen) atoms. The second-order valence-electron chi connectivity index (χ2n) is 4.72. The standard InChI is InChI=1S/C13H21N3O3/c1-5-10(6-13(18)19)14-12(17)7-11-8(2)15-16(4)9(11)3/h10H,5-7H2,1-4H3,(H,14,17)(H,18,19). The van der Waals surface area contributed by atoms with Crippen LogP contribution in [0.2, 0.25) is 0 Å². The van der Waals surface area contributed by atoms with E-state index >= 15 is 0 Å². The molecule has 0 aromatic carbocycles. The van der Waals surface area contributed by atoms with Gasteiger partial charge in [0.05, 0.1) is 18.5 Å². The van der Waals surface area contributed by atoms with Crippen LogP contribution in [0.15, 0.2) is 0 Å². The van der Waals surface area contributed by atoms with Gasteiger partial charge in [0.25, 0.3) is 0 Å². The number of carboxylic acid groups (broad SMARTS) is 1. The number of hydrogen-bond donors (Lipinski definition) is 2. The van der Waals surface area contributed by atoms with E-state index in [0.29, 0.717) is 6.42 Å². The Morgan fingerprint density at radius 1 is 1.42 bits per heavy atom. The highest BCUT2D eigenvalue weighted by molar-refractivity contribution is 5.80. The van der Waals surface area contributed by atoms with Crippen molar-refractivity contribution in [3.63, 3.8) is 0 Å². The smallest absolute Gasteiger partial charge is 0.305 e. The van der Waals surface area contributed by atoms with E-state index in [0.717, 1.165) is 17.0 Å². The van der Waals surface area contributed by atoms with Crippen LogP contribution in [0.25, 0.3) is 0 Å². The number of carbonyl (C=O) groups excluding carboxylic acids is 1. The second-order valence-corrected chi connectivity index (χ2v) is 4.72. The lowest BCUT2D eigenvalue weighted by Crippen LogP contribution is -2.37. The lowest BCUT2D eigenvalue weighted by Gasteiger charge is -2.14. The molecule has 0 aliphatic rings. The minimum atomic E-state index is -0.902. The number of hydrogen-bond acceptors (Lipinski definition) is 3. The second kappa shape index (κ2) is 6.36. The number of carbonyl (C=O) groups is 2. The summed E-state index contributed by atoms with van der Waals surface area (Å²) in [6.07, 6.45) is 0.790. The molecule has 1 unspecified atom stereocenters. The summed E-state index contributed by atoms with van der Waals surface area (Å²) >= 11 is 0. The summed E-state index contributed by atoms with van der Waals surface area (Å²) in [5.74, 6) is -1.06. The van der Waals surface area contributed by atoms with Crippen molar-refractivity contribution in [2.75, 3.05) is 0 Å². The molecule has 6 nitrogen and oxygen atoms in total. The van der Waals surface area contributed by atoms with Gasteiger partial charge in [0.15, 0.2) is 0 Å². The Bertz CT molecular complexity index is 480. The minimum absolute atomic E-state index is 0.0484. The van der Waals surface area contributed by atoms with Crippen LogP contribution in [0.3, 0.4) is 0 Å². The molecule has 1 rings (SSSR count). The van der Waals surface area contributed by atoms with Gasteiger partial charge in [-0.25, -0.2) is 0 Å². The lowest BCUT2D eigenvalue weighted by molar-refractivity contribution is -0.137. The maximum absolute atomic E-state index is 11.9. The molecular formula is C13H21N3O3. The van der Waals surface area contributed by atoms with Crippen LogP contribution in [-0.2, 0) is 23.1 Å². The number of aryl methyl sites for hydroxylation is 2. The normalized spacial score (nSPS) is 12.2. The average Bonchev–Trinajstić information content (AvgIpc) is 2.54. The first-order valence-electron chi connectivity index (χ1n) is 6.35. The number of rotatable bonds is 6. The summed E-state index contributed by atoms with van der Waals surface area (Å²) < 4.78 is 1.74. The third-order valence-corrected chi connectivity index (χ3v) is 3.28. The van der Waals surface area contributed by atoms with Gasteiger partial charge in [-0.05, 0) is 20.3 Å². The Kier molecular flexibility index (Phi) is 5.09. The van der Waals surface area contributed by atoms with Crippen molar-refractivity contribution < 1.29 is 14.7 Å². The molecule has 0 aliphatic heterocycles. The van der Waals surface area contributed by atoms with Crippen molar-refractivity contribution in [1.29, 1.82) is 0 Å². The molecular weight excluding hydrogens is 246 g/mol. The maximum atomic E-state index is 11.9. The van der Waals surface area contributed by atoms with Crippen LogP contribution in [0.1, 0.15) is 36.7 Å². The third-order valence-electron chi connectivity index (χ3n) is 3.28. The Hall–Kier alpha value is -1.85. The fraction of sp³-hybridized carbons (Fsp3) is 0.615. The van der Waals surface area contributed by atoms with Crippen LogP contribution in [0.4, 0.5) is 0 Å². The summed E-state index contributed by atoms with van der Waals surface area (Å²) in [4.78, 5) is 22.6. The summed E-state index contributed by atoms with van der Waals surface area (Å²) in [5, 5.41) is 15.8. The van der Waals surface area contributed by atoms with E-state index in [9.17, 15) is 9.59 Å². The molecule has 2 N–H and O–H groups in total. The van der Waals surface area contributed by atoms with Gasteiger partial charge in [-0.1, -0.05) is 6.92 Å². The molecule has 0 aliphatic carbocycles. The summed E-state index contributed by atoms with van der Waals surface area (Å²) in [6, 6.07) is -0.317. The highest BCUT2D eigenvalue weighted by atomic mass is 16.4. The first-order chi connectivity index (χ1) is 8.85. The summed E-state index contributed by atoms with van der Waals surface area (Å²) in [7, 11) is 1.84. The Morgan fingerprint density at radius 2 is 2.05 bits per heavy atom. The molecule has 0 saturated carbocycles. The van der Waals surface area contributed by atoms with E-state index in [1.807, 2.05) is 27.8 Å². The largest absolute Gasteiger partial charge is 0.481 e. The van der Waals surface area contributed by atoms with E-state index in [4.69, 9.17) is 5.11 Å². The van der Waals surface area contributed by atoms with Crippen molar-refractivity contribution in [2.24, 2.45) is 7.05 Å². The van der Waals surface area contributed by atoms with Crippen molar-refractivity contribution in [1.82, 2.24) is 15.1 Å². The molecule has 0 radical (unpaired) electrons. The quantitative estimate of drug-likeness (QED) is 0.803. The number of nitrogens with one attached hydrogen (secondary N) is 1. The molecule has 106 valence electrons. The van der Waals surface area contributed by atoms with Crippen LogP contribution < -0.4 is 5.32 Å². The third kappa shape index (κ3) is 4.08. The van der Waals surface area contributed by atoms with E-state index < -0.39 is 5.97 Å². The minimum Gasteiger partial charge on any atom is -0.481 e. The van der Waals surface area contributed by atoms with Crippen molar-refractivity contribution >= 4 is 11.9 Å². The molecule has 0 fully saturated rings. The Morgan fingerprint density at radius 3 is 2.47 bits per heavy atom. The predicted octanol–water partition coefficient (Wildman–Crippen LogP) is 0.949. The maximum Gasteiger partial charge on any atom is 0.305 e. The zero-order chi connectivity index (χ0) is 14.6. The fourth-order valence-corrected chi connectivity index (χ4v) is 2.02. The molecule has 1 aromatic rings. The fourth-order valence-electron chi connectivity index (χ4n) is 2.02. The summed E-state index contributed by atoms with van der Waals surface area (Å²) in [6.45, 7) is 5.63. The zero-order valence-corrected chi connectivity index (χ0v) is 11.9. The van der Waals surface area contributed by atoms with E-state index in [1.54, 1.807) is 4.68 Å². The van der Waals surface area contributed by atoms with Gasteiger partial charge in [0, 0.05) is 24.3 Å². The molecule has 1 aromatic heterocycles. The first-order valence-corrected chi connectivity index (χ1v) is 6.35. The number of nitrogens with zero attached hydrogens (tertiary/aromatic N) is 2. The molecule has 1 heterocycles. The highest BCUT2D eigenvalue weighted by Crippen LogP contribution is 2.12. The van der Waals surface area contributed by atoms with Gasteiger partial charge >= 0.3 is 5.97 Å². The number of amides is 1. The van der Waals surface area contributed by atoms with Crippen molar-refractivity contribution in [3.05, 3.63) is 17.0 Å². The topological polar surface area (TPSA) is 84.2 Å². The van der Waals surface area contributed by atoms with Crippen LogP contribution in [0.5, 0.6) is 0 Å². The van der Waals surface area contributed by atoms with E-state index in [1.165, 1.54) is 0 Å². The Balaban J connectivity index is 2.66. The van der Waals surface area contributed by atoms with Gasteiger partial charge in [-0.15, -0.1) is 0 Å². The van der Waals surface area contributed by atoms with Crippen LogP contribution in [-0.4, -0.2) is 32.8 Å². The van der Waals surface area contributed by atoms with Gasteiger partial charge in [-0.2, -0.15) is 5.10 Å².